The van der Waals surface area contributed by atoms with Gasteiger partial charge < -0.3 is 19.0 Å². The molecule has 11 heteroatoms. The molecule has 4 aromatic rings. The molecule has 0 amide bonds. The number of nitrogens with zero attached hydrogens (tertiary/aromatic N) is 2. The Morgan fingerprint density at radius 2 is 1.95 bits per heavy atom. The lowest BCUT2D eigenvalue weighted by Crippen LogP contribution is -2.39. The maximum atomic E-state index is 13.8. The number of hydrogen-bond acceptors (Lipinski definition) is 8. The van der Waals surface area contributed by atoms with Crippen molar-refractivity contribution in [3.05, 3.63) is 99.8 Å². The summed E-state index contributed by atoms with van der Waals surface area (Å²) in [4.78, 5) is 32.0. The van der Waals surface area contributed by atoms with Crippen LogP contribution in [0.25, 0.3) is 17.4 Å². The minimum Gasteiger partial charge on any atom is -0.503 e. The average molecular weight is 674 g/mol. The Bertz CT molecular complexity index is 1800. The van der Waals surface area contributed by atoms with E-state index in [1.54, 1.807) is 38.1 Å². The van der Waals surface area contributed by atoms with Gasteiger partial charge in [-0.15, -0.1) is 0 Å². The number of furan rings is 1. The van der Waals surface area contributed by atoms with Crippen LogP contribution in [-0.4, -0.2) is 29.4 Å². The first kappa shape index (κ1) is 27.2. The fourth-order valence-electron chi connectivity index (χ4n) is 4.31. The van der Waals surface area contributed by atoms with Crippen LogP contribution in [0, 0.1) is 0 Å². The van der Waals surface area contributed by atoms with Crippen molar-refractivity contribution >= 4 is 55.2 Å². The van der Waals surface area contributed by atoms with Crippen molar-refractivity contribution in [3.8, 4) is 22.8 Å². The second kappa shape index (κ2) is 11.0. The number of aromatic hydroxyl groups is 1. The van der Waals surface area contributed by atoms with E-state index in [9.17, 15) is 14.7 Å². The Morgan fingerprint density at radius 1 is 1.21 bits per heavy atom. The molecule has 1 aliphatic heterocycles. The number of aromatic nitrogens is 1. The van der Waals surface area contributed by atoms with Crippen molar-refractivity contribution in [1.82, 2.24) is 4.57 Å². The van der Waals surface area contributed by atoms with E-state index in [0.29, 0.717) is 36.6 Å². The summed E-state index contributed by atoms with van der Waals surface area (Å²) < 4.78 is 20.0. The first-order chi connectivity index (χ1) is 18.7. The molecule has 1 aliphatic rings. The molecule has 0 spiro atoms. The van der Waals surface area contributed by atoms with E-state index in [2.05, 4.69) is 36.9 Å². The number of fused-ring (bicyclic) bond motifs is 1. The molecule has 2 aromatic carbocycles. The molecule has 1 atom stereocenters. The Kier molecular flexibility index (Phi) is 7.66. The fourth-order valence-corrected chi connectivity index (χ4v) is 6.08. The first-order valence-corrected chi connectivity index (χ1v) is 14.2. The SMILES string of the molecule is CCOC(=O)C1=C(C)N=c2s/c(=C\c3cc(Br)c(O)c(OC)c3)c(=O)n2[C@H]1c1ccc(-c2ccc(Br)cc2)o1. The first-order valence-electron chi connectivity index (χ1n) is 11.8. The molecular weight excluding hydrogens is 652 g/mol. The zero-order valence-corrected chi connectivity index (χ0v) is 25.0. The number of allylic oxidation sites excluding steroid dienone is 1. The van der Waals surface area contributed by atoms with E-state index < -0.39 is 12.0 Å². The number of hydrogen-bond donors (Lipinski definition) is 1. The van der Waals surface area contributed by atoms with Crippen LogP contribution in [-0.2, 0) is 9.53 Å². The minimum atomic E-state index is -0.868. The van der Waals surface area contributed by atoms with E-state index in [-0.39, 0.29) is 29.2 Å². The summed E-state index contributed by atoms with van der Waals surface area (Å²) in [7, 11) is 1.45. The summed E-state index contributed by atoms with van der Waals surface area (Å²) >= 11 is 7.95. The largest absolute Gasteiger partial charge is 0.503 e. The quantitative estimate of drug-likeness (QED) is 0.279. The van der Waals surface area contributed by atoms with Gasteiger partial charge in [0.25, 0.3) is 5.56 Å². The maximum absolute atomic E-state index is 13.8. The highest BCUT2D eigenvalue weighted by Gasteiger charge is 2.35. The van der Waals surface area contributed by atoms with Gasteiger partial charge in [0.2, 0.25) is 0 Å². The molecule has 0 aliphatic carbocycles. The Hall–Kier alpha value is -3.41. The molecule has 0 unspecified atom stereocenters. The highest BCUT2D eigenvalue weighted by Crippen LogP contribution is 2.36. The van der Waals surface area contributed by atoms with Gasteiger partial charge in [0, 0.05) is 10.0 Å². The lowest BCUT2D eigenvalue weighted by Gasteiger charge is -2.22. The molecule has 0 saturated carbocycles. The van der Waals surface area contributed by atoms with Gasteiger partial charge in [-0.3, -0.25) is 9.36 Å². The van der Waals surface area contributed by atoms with Gasteiger partial charge in [0.1, 0.15) is 17.6 Å². The number of halogens is 2. The predicted molar refractivity (Wildman–Crippen MR) is 155 cm³/mol. The third-order valence-electron chi connectivity index (χ3n) is 6.11. The van der Waals surface area contributed by atoms with Crippen molar-refractivity contribution in [2.45, 2.75) is 19.9 Å². The van der Waals surface area contributed by atoms with Crippen molar-refractivity contribution in [2.24, 2.45) is 4.99 Å². The monoisotopic (exact) mass is 672 g/mol. The summed E-state index contributed by atoms with van der Waals surface area (Å²) in [5.41, 5.74) is 1.82. The number of benzene rings is 2. The van der Waals surface area contributed by atoms with Gasteiger partial charge in [-0.1, -0.05) is 39.4 Å². The molecule has 3 heterocycles. The van der Waals surface area contributed by atoms with Crippen LogP contribution in [0.2, 0.25) is 0 Å². The number of thiazole rings is 1. The van der Waals surface area contributed by atoms with E-state index in [1.807, 2.05) is 30.3 Å². The molecule has 2 aromatic heterocycles. The van der Waals surface area contributed by atoms with E-state index in [0.717, 1.165) is 10.0 Å². The second-order valence-electron chi connectivity index (χ2n) is 8.56. The number of phenolic OH excluding ortho intramolecular Hbond substituents is 1. The van der Waals surface area contributed by atoms with Crippen LogP contribution in [0.4, 0.5) is 0 Å². The summed E-state index contributed by atoms with van der Waals surface area (Å²) in [6, 6.07) is 13.7. The van der Waals surface area contributed by atoms with Crippen LogP contribution >= 0.6 is 43.2 Å². The van der Waals surface area contributed by atoms with Gasteiger partial charge in [0.05, 0.1) is 34.0 Å². The number of methoxy groups -OCH3 is 1. The molecule has 0 saturated heterocycles. The van der Waals surface area contributed by atoms with Gasteiger partial charge in [0.15, 0.2) is 16.3 Å². The Labute approximate surface area is 243 Å². The maximum Gasteiger partial charge on any atom is 0.338 e. The van der Waals surface area contributed by atoms with Crippen LogP contribution < -0.4 is 19.6 Å². The van der Waals surface area contributed by atoms with Crippen LogP contribution in [0.1, 0.15) is 31.2 Å². The van der Waals surface area contributed by atoms with Crippen LogP contribution in [0.15, 0.2) is 83.0 Å². The summed E-state index contributed by atoms with van der Waals surface area (Å²) in [6.45, 7) is 3.62. The summed E-state index contributed by atoms with van der Waals surface area (Å²) in [5, 5.41) is 10.2. The van der Waals surface area contributed by atoms with Gasteiger partial charge in [-0.2, -0.15) is 0 Å². The highest BCUT2D eigenvalue weighted by atomic mass is 79.9. The highest BCUT2D eigenvalue weighted by molar-refractivity contribution is 9.10. The van der Waals surface area contributed by atoms with Crippen molar-refractivity contribution < 1.29 is 23.8 Å². The zero-order valence-electron chi connectivity index (χ0n) is 21.0. The van der Waals surface area contributed by atoms with Gasteiger partial charge >= 0.3 is 5.97 Å². The molecule has 0 fully saturated rings. The van der Waals surface area contributed by atoms with Crippen molar-refractivity contribution in [2.75, 3.05) is 13.7 Å². The average Bonchev–Trinajstić information content (AvgIpc) is 3.51. The molecule has 39 heavy (non-hydrogen) atoms. The van der Waals surface area contributed by atoms with Gasteiger partial charge in [-0.25, -0.2) is 9.79 Å². The standard InChI is InChI=1S/C28H22Br2N2O6S/c1-4-37-27(35)23-14(2)31-28-32(24(23)20-10-9-19(38-20)16-5-7-17(29)8-6-16)26(34)22(39-28)13-15-11-18(30)25(33)21(12-15)36-3/h5-13,24,33H,4H2,1-3H3/b22-13-/t24-/m0/s1. The summed E-state index contributed by atoms with van der Waals surface area (Å²) in [5.74, 6) is 0.667. The fraction of sp³-hybridized carbons (Fsp3) is 0.179. The third kappa shape index (κ3) is 5.13. The van der Waals surface area contributed by atoms with E-state index in [4.69, 9.17) is 13.9 Å². The molecule has 0 bridgehead atoms. The Morgan fingerprint density at radius 3 is 2.64 bits per heavy atom. The number of esters is 1. The number of rotatable bonds is 6. The topological polar surface area (TPSA) is 103 Å². The predicted octanol–water partition coefficient (Wildman–Crippen LogP) is 5.30. The molecule has 0 radical (unpaired) electrons. The lowest BCUT2D eigenvalue weighted by molar-refractivity contribution is -0.139. The van der Waals surface area contributed by atoms with E-state index >= 15 is 0 Å². The van der Waals surface area contributed by atoms with E-state index in [1.165, 1.54) is 23.0 Å². The second-order valence-corrected chi connectivity index (χ2v) is 11.3. The normalized spacial score (nSPS) is 15.2. The molecule has 8 nitrogen and oxygen atoms in total. The van der Waals surface area contributed by atoms with Crippen LogP contribution in [0.5, 0.6) is 11.5 Å². The van der Waals surface area contributed by atoms with Crippen molar-refractivity contribution in [1.29, 1.82) is 0 Å². The molecule has 5 rings (SSSR count). The summed E-state index contributed by atoms with van der Waals surface area (Å²) in [6.07, 6.45) is 1.69. The zero-order chi connectivity index (χ0) is 27.8. The molecular formula is C28H22Br2N2O6S. The number of ether oxygens (including phenoxy) is 2. The van der Waals surface area contributed by atoms with Crippen molar-refractivity contribution in [3.63, 3.8) is 0 Å². The number of carbonyl (C=O) groups excluding carboxylic acids is 1. The Balaban J connectivity index is 1.69. The number of carbonyl (C=O) groups is 1. The van der Waals surface area contributed by atoms with Crippen LogP contribution in [0.3, 0.4) is 0 Å². The molecule has 200 valence electrons. The third-order valence-corrected chi connectivity index (χ3v) is 8.23. The molecule has 1 N–H and O–H groups in total. The minimum absolute atomic E-state index is 0.0368. The smallest absolute Gasteiger partial charge is 0.338 e. The lowest BCUT2D eigenvalue weighted by atomic mass is 10.0. The van der Waals surface area contributed by atoms with Gasteiger partial charge in [-0.05, 0) is 77.8 Å². The number of phenols is 1.